The van der Waals surface area contributed by atoms with Crippen molar-refractivity contribution in [2.24, 2.45) is 10.9 Å². The molecule has 0 spiro atoms. The number of hydrogen-bond donors (Lipinski definition) is 2. The number of pyridine rings is 1. The molecule has 0 atom stereocenters. The number of H-pyrrole nitrogens is 1. The third kappa shape index (κ3) is 2.03. The highest BCUT2D eigenvalue weighted by atomic mass is 16.2. The molecule has 3 rings (SSSR count). The molecule has 0 fully saturated rings. The molecule has 0 bridgehead atoms. The Morgan fingerprint density at radius 1 is 1.37 bits per heavy atom. The fourth-order valence-electron chi connectivity index (χ4n) is 2.00. The van der Waals surface area contributed by atoms with Crippen molar-refractivity contribution in [3.8, 4) is 0 Å². The number of fused-ring (bicyclic) bond motifs is 1. The Morgan fingerprint density at radius 2 is 2.21 bits per heavy atom. The van der Waals surface area contributed by atoms with Gasteiger partial charge in [-0.3, -0.25) is 4.79 Å². The van der Waals surface area contributed by atoms with Crippen LogP contribution in [0.15, 0.2) is 35.2 Å². The quantitative estimate of drug-likeness (QED) is 0.805. The lowest BCUT2D eigenvalue weighted by atomic mass is 10.2. The fraction of sp³-hybridized carbons (Fsp3) is 0.214. The van der Waals surface area contributed by atoms with E-state index in [-0.39, 0.29) is 11.8 Å². The van der Waals surface area contributed by atoms with Crippen molar-refractivity contribution in [3.05, 3.63) is 35.8 Å². The summed E-state index contributed by atoms with van der Waals surface area (Å²) in [5.74, 6) is 0.774. The summed E-state index contributed by atoms with van der Waals surface area (Å²) in [6.45, 7) is 4.00. The third-order valence-corrected chi connectivity index (χ3v) is 3.04. The van der Waals surface area contributed by atoms with Crippen LogP contribution in [-0.2, 0) is 4.79 Å². The van der Waals surface area contributed by atoms with E-state index >= 15 is 0 Å². The van der Waals surface area contributed by atoms with Crippen LogP contribution >= 0.6 is 0 Å². The molecule has 0 aliphatic carbocycles. The molecule has 1 aliphatic heterocycles. The summed E-state index contributed by atoms with van der Waals surface area (Å²) >= 11 is 0. The number of carbonyl (C=O) groups excluding carboxylic acids is 1. The first-order valence-electron chi connectivity index (χ1n) is 6.19. The van der Waals surface area contributed by atoms with E-state index in [1.807, 2.05) is 32.2 Å². The molecule has 1 aliphatic rings. The highest BCUT2D eigenvalue weighted by Crippen LogP contribution is 2.20. The van der Waals surface area contributed by atoms with Crippen LogP contribution in [0, 0.1) is 5.92 Å². The molecule has 0 unspecified atom stereocenters. The van der Waals surface area contributed by atoms with Gasteiger partial charge >= 0.3 is 0 Å². The Bertz CT molecular complexity index is 709. The van der Waals surface area contributed by atoms with Gasteiger partial charge in [0.1, 0.15) is 17.2 Å². The summed E-state index contributed by atoms with van der Waals surface area (Å²) in [7, 11) is 0. The summed E-state index contributed by atoms with van der Waals surface area (Å²) in [5, 5.41) is 3.76. The van der Waals surface area contributed by atoms with Crippen LogP contribution in [0.1, 0.15) is 19.4 Å². The van der Waals surface area contributed by atoms with Gasteiger partial charge in [-0.2, -0.15) is 0 Å². The van der Waals surface area contributed by atoms with Crippen LogP contribution in [0.2, 0.25) is 0 Å². The number of hydrogen-bond acceptors (Lipinski definition) is 3. The molecular weight excluding hydrogens is 240 g/mol. The summed E-state index contributed by atoms with van der Waals surface area (Å²) < 4.78 is 0. The molecule has 19 heavy (non-hydrogen) atoms. The molecule has 0 saturated carbocycles. The van der Waals surface area contributed by atoms with Crippen LogP contribution in [0.4, 0.5) is 0 Å². The summed E-state index contributed by atoms with van der Waals surface area (Å²) in [4.78, 5) is 23.5. The van der Waals surface area contributed by atoms with E-state index in [9.17, 15) is 4.79 Å². The van der Waals surface area contributed by atoms with Gasteiger partial charge in [0, 0.05) is 29.3 Å². The van der Waals surface area contributed by atoms with Gasteiger partial charge in [-0.15, -0.1) is 0 Å². The fourth-order valence-corrected chi connectivity index (χ4v) is 2.00. The Hall–Kier alpha value is -2.43. The van der Waals surface area contributed by atoms with Gasteiger partial charge < -0.3 is 10.3 Å². The highest BCUT2D eigenvalue weighted by Gasteiger charge is 2.22. The summed E-state index contributed by atoms with van der Waals surface area (Å²) in [6, 6.07) is 3.83. The minimum absolute atomic E-state index is 0.151. The second-order valence-electron chi connectivity index (χ2n) is 4.78. The average molecular weight is 254 g/mol. The molecule has 3 heterocycles. The first-order chi connectivity index (χ1) is 9.15. The van der Waals surface area contributed by atoms with Crippen LogP contribution in [0.25, 0.3) is 17.1 Å². The Morgan fingerprint density at radius 3 is 2.95 bits per heavy atom. The topological polar surface area (TPSA) is 70.1 Å². The van der Waals surface area contributed by atoms with E-state index in [1.54, 1.807) is 12.3 Å². The molecule has 1 amide bonds. The minimum atomic E-state index is -0.151. The van der Waals surface area contributed by atoms with Gasteiger partial charge in [0.2, 0.25) is 0 Å². The maximum absolute atomic E-state index is 11.8. The van der Waals surface area contributed by atoms with Crippen LogP contribution in [0.5, 0.6) is 0 Å². The van der Waals surface area contributed by atoms with Gasteiger partial charge in [-0.1, -0.05) is 13.8 Å². The van der Waals surface area contributed by atoms with Crippen molar-refractivity contribution in [2.45, 2.75) is 13.8 Å². The maximum Gasteiger partial charge on any atom is 0.275 e. The van der Waals surface area contributed by atoms with Gasteiger partial charge in [0.15, 0.2) is 0 Å². The van der Waals surface area contributed by atoms with Crippen LogP contribution in [0.3, 0.4) is 0 Å². The first kappa shape index (κ1) is 11.6. The lowest BCUT2D eigenvalue weighted by Gasteiger charge is -2.01. The first-order valence-corrected chi connectivity index (χ1v) is 6.19. The smallest absolute Gasteiger partial charge is 0.275 e. The van der Waals surface area contributed by atoms with Crippen LogP contribution < -0.4 is 5.32 Å². The highest BCUT2D eigenvalue weighted by molar-refractivity contribution is 6.15. The number of aromatic amines is 1. The zero-order valence-corrected chi connectivity index (χ0v) is 10.8. The SMILES string of the molecule is CC(C)C1=NC(=Cc2c[nH]c3ncccc23)C(=O)N1. The standard InChI is InChI=1S/C14H14N4O/c1-8(2)12-17-11(14(19)18-12)6-9-7-16-13-10(9)4-3-5-15-13/h3-8H,1-2H3,(H,15,16)(H,17,18,19). The minimum Gasteiger partial charge on any atom is -0.346 e. The second-order valence-corrected chi connectivity index (χ2v) is 4.78. The van der Waals surface area contributed by atoms with E-state index < -0.39 is 0 Å². The van der Waals surface area contributed by atoms with Crippen molar-refractivity contribution < 1.29 is 4.79 Å². The molecule has 96 valence electrons. The monoisotopic (exact) mass is 254 g/mol. The van der Waals surface area contributed by atoms with E-state index in [1.165, 1.54) is 0 Å². The second kappa shape index (κ2) is 4.35. The average Bonchev–Trinajstić information content (AvgIpc) is 2.96. The largest absolute Gasteiger partial charge is 0.346 e. The van der Waals surface area contributed by atoms with Crippen molar-refractivity contribution >= 4 is 28.9 Å². The zero-order valence-electron chi connectivity index (χ0n) is 10.8. The predicted octanol–water partition coefficient (Wildman–Crippen LogP) is 2.09. The molecule has 2 N–H and O–H groups in total. The Balaban J connectivity index is 2.04. The summed E-state index contributed by atoms with van der Waals surface area (Å²) in [6.07, 6.45) is 5.35. The van der Waals surface area contributed by atoms with Crippen LogP contribution in [-0.4, -0.2) is 21.7 Å². The van der Waals surface area contributed by atoms with Gasteiger partial charge in [-0.25, -0.2) is 9.98 Å². The number of carbonyl (C=O) groups is 1. The Kier molecular flexibility index (Phi) is 2.67. The summed E-state index contributed by atoms with van der Waals surface area (Å²) in [5.41, 5.74) is 2.16. The molecule has 5 heteroatoms. The van der Waals surface area contributed by atoms with Crippen molar-refractivity contribution in [1.82, 2.24) is 15.3 Å². The number of aliphatic imine (C=N–C) groups is 1. The van der Waals surface area contributed by atoms with E-state index in [0.717, 1.165) is 16.6 Å². The molecule has 2 aromatic rings. The molecule has 5 nitrogen and oxygen atoms in total. The number of amidine groups is 1. The van der Waals surface area contributed by atoms with Gasteiger partial charge in [-0.05, 0) is 18.2 Å². The predicted molar refractivity (Wildman–Crippen MR) is 74.5 cm³/mol. The molecule has 0 radical (unpaired) electrons. The van der Waals surface area contributed by atoms with Gasteiger partial charge in [0.25, 0.3) is 5.91 Å². The van der Waals surface area contributed by atoms with E-state index in [0.29, 0.717) is 11.5 Å². The lowest BCUT2D eigenvalue weighted by Crippen LogP contribution is -2.27. The zero-order chi connectivity index (χ0) is 13.4. The number of aromatic nitrogens is 2. The van der Waals surface area contributed by atoms with Crippen molar-refractivity contribution in [3.63, 3.8) is 0 Å². The third-order valence-electron chi connectivity index (χ3n) is 3.04. The maximum atomic E-state index is 11.8. The number of nitrogens with one attached hydrogen (secondary N) is 2. The van der Waals surface area contributed by atoms with E-state index in [4.69, 9.17) is 0 Å². The normalized spacial score (nSPS) is 17.3. The lowest BCUT2D eigenvalue weighted by molar-refractivity contribution is -0.115. The molecular formula is C14H14N4O. The van der Waals surface area contributed by atoms with Gasteiger partial charge in [0.05, 0.1) is 0 Å². The molecule has 0 aromatic carbocycles. The molecule has 2 aromatic heterocycles. The van der Waals surface area contributed by atoms with E-state index in [2.05, 4.69) is 20.3 Å². The Labute approximate surface area is 110 Å². The number of rotatable bonds is 2. The van der Waals surface area contributed by atoms with Crippen molar-refractivity contribution in [2.75, 3.05) is 0 Å². The molecule has 0 saturated heterocycles. The van der Waals surface area contributed by atoms with Crippen molar-refractivity contribution in [1.29, 1.82) is 0 Å². The number of amides is 1. The number of nitrogens with zero attached hydrogens (tertiary/aromatic N) is 2.